The van der Waals surface area contributed by atoms with Crippen LogP contribution in [-0.2, 0) is 9.47 Å². The van der Waals surface area contributed by atoms with Crippen molar-refractivity contribution in [3.8, 4) is 0 Å². The number of rotatable bonds is 1. The molecule has 0 aromatic heterocycles. The van der Waals surface area contributed by atoms with Crippen LogP contribution >= 0.6 is 0 Å². The van der Waals surface area contributed by atoms with Crippen LogP contribution < -0.4 is 0 Å². The fraction of sp³-hybridized carbons (Fsp3) is 0.818. The van der Waals surface area contributed by atoms with Crippen LogP contribution in [0.5, 0.6) is 0 Å². The van der Waals surface area contributed by atoms with Crippen molar-refractivity contribution in [1.29, 1.82) is 0 Å². The molecule has 0 spiro atoms. The van der Waals surface area contributed by atoms with Crippen molar-refractivity contribution in [1.82, 2.24) is 0 Å². The minimum atomic E-state index is 0.0266. The monoisotopic (exact) mass is 182 g/mol. The molecule has 0 N–H and O–H groups in total. The summed E-state index contributed by atoms with van der Waals surface area (Å²) in [7, 11) is 0. The van der Waals surface area contributed by atoms with Gasteiger partial charge >= 0.3 is 0 Å². The number of ether oxygens (including phenoxy) is 2. The molecule has 1 heterocycles. The van der Waals surface area contributed by atoms with Crippen molar-refractivity contribution in [2.75, 3.05) is 13.2 Å². The summed E-state index contributed by atoms with van der Waals surface area (Å²) in [4.78, 5) is 0. The second-order valence-electron chi connectivity index (χ2n) is 4.26. The number of allylic oxidation sites excluding steroid dienone is 1. The molecule has 3 atom stereocenters. The third-order valence-corrected chi connectivity index (χ3v) is 3.02. The lowest BCUT2D eigenvalue weighted by Gasteiger charge is -2.30. The molecule has 2 heteroatoms. The topological polar surface area (TPSA) is 18.5 Å². The van der Waals surface area contributed by atoms with Gasteiger partial charge in [-0.25, -0.2) is 0 Å². The van der Waals surface area contributed by atoms with Crippen LogP contribution in [0.25, 0.3) is 0 Å². The fourth-order valence-electron chi connectivity index (χ4n) is 2.29. The van der Waals surface area contributed by atoms with Gasteiger partial charge in [-0.15, -0.1) is 0 Å². The van der Waals surface area contributed by atoms with Gasteiger partial charge in [-0.05, 0) is 18.3 Å². The molecule has 0 aromatic carbocycles. The molecule has 1 aliphatic carbocycles. The summed E-state index contributed by atoms with van der Waals surface area (Å²) in [6.07, 6.45) is 5.84. The Balaban J connectivity index is 2.01. The Morgan fingerprint density at radius 1 is 1.08 bits per heavy atom. The van der Waals surface area contributed by atoms with E-state index in [0.29, 0.717) is 17.8 Å². The molecule has 0 amide bonds. The van der Waals surface area contributed by atoms with E-state index < -0.39 is 0 Å². The average Bonchev–Trinajstić information content (AvgIpc) is 2.56. The Kier molecular flexibility index (Phi) is 2.70. The van der Waals surface area contributed by atoms with Crippen LogP contribution in [0.2, 0.25) is 0 Å². The molecule has 0 bridgehead atoms. The maximum atomic E-state index is 5.52. The van der Waals surface area contributed by atoms with E-state index in [9.17, 15) is 0 Å². The molecule has 2 rings (SSSR count). The smallest absolute Gasteiger partial charge is 0.164 e. The predicted octanol–water partition coefficient (Wildman–Crippen LogP) is 2.21. The minimum Gasteiger partial charge on any atom is -0.350 e. The Bertz CT molecular complexity index is 194. The van der Waals surface area contributed by atoms with E-state index in [2.05, 4.69) is 26.0 Å². The van der Waals surface area contributed by atoms with E-state index in [-0.39, 0.29) is 6.29 Å². The van der Waals surface area contributed by atoms with Gasteiger partial charge in [-0.3, -0.25) is 0 Å². The van der Waals surface area contributed by atoms with Crippen molar-refractivity contribution in [3.63, 3.8) is 0 Å². The molecular weight excluding hydrogens is 164 g/mol. The normalized spacial score (nSPS) is 41.2. The molecule has 13 heavy (non-hydrogen) atoms. The highest BCUT2D eigenvalue weighted by Gasteiger charge is 2.31. The molecule has 1 fully saturated rings. The van der Waals surface area contributed by atoms with Crippen LogP contribution in [0.4, 0.5) is 0 Å². The van der Waals surface area contributed by atoms with Gasteiger partial charge in [-0.1, -0.05) is 26.0 Å². The van der Waals surface area contributed by atoms with Gasteiger partial charge in [0.05, 0.1) is 13.2 Å². The quantitative estimate of drug-likeness (QED) is 0.579. The summed E-state index contributed by atoms with van der Waals surface area (Å²) in [6, 6.07) is 0. The number of hydrogen-bond donors (Lipinski definition) is 0. The van der Waals surface area contributed by atoms with Gasteiger partial charge in [0.2, 0.25) is 0 Å². The first kappa shape index (κ1) is 9.22. The zero-order chi connectivity index (χ0) is 9.26. The van der Waals surface area contributed by atoms with E-state index in [4.69, 9.17) is 9.47 Å². The highest BCUT2D eigenvalue weighted by atomic mass is 16.7. The van der Waals surface area contributed by atoms with Crippen molar-refractivity contribution >= 4 is 0 Å². The zero-order valence-electron chi connectivity index (χ0n) is 8.40. The first-order valence-electron chi connectivity index (χ1n) is 5.19. The maximum absolute atomic E-state index is 5.52. The fourth-order valence-corrected chi connectivity index (χ4v) is 2.29. The second kappa shape index (κ2) is 3.81. The zero-order valence-corrected chi connectivity index (χ0v) is 8.40. The van der Waals surface area contributed by atoms with Crippen molar-refractivity contribution in [2.24, 2.45) is 17.8 Å². The summed E-state index contributed by atoms with van der Waals surface area (Å²) < 4.78 is 11.0. The summed E-state index contributed by atoms with van der Waals surface area (Å²) in [5.74, 6) is 1.87. The number of hydrogen-bond acceptors (Lipinski definition) is 2. The molecular formula is C11H18O2. The van der Waals surface area contributed by atoms with Crippen LogP contribution in [0, 0.1) is 17.8 Å². The molecule has 0 saturated carbocycles. The van der Waals surface area contributed by atoms with Crippen molar-refractivity contribution in [3.05, 3.63) is 12.2 Å². The lowest BCUT2D eigenvalue weighted by atomic mass is 9.80. The van der Waals surface area contributed by atoms with E-state index in [0.717, 1.165) is 13.2 Å². The van der Waals surface area contributed by atoms with Gasteiger partial charge in [0.1, 0.15) is 0 Å². The lowest BCUT2D eigenvalue weighted by Crippen LogP contribution is -2.29. The molecule has 2 unspecified atom stereocenters. The minimum absolute atomic E-state index is 0.0266. The van der Waals surface area contributed by atoms with Crippen LogP contribution in [0.15, 0.2) is 12.2 Å². The lowest BCUT2D eigenvalue weighted by molar-refractivity contribution is -0.0859. The molecule has 1 saturated heterocycles. The molecule has 74 valence electrons. The van der Waals surface area contributed by atoms with Gasteiger partial charge in [0.15, 0.2) is 6.29 Å². The van der Waals surface area contributed by atoms with E-state index in [1.165, 1.54) is 6.42 Å². The maximum Gasteiger partial charge on any atom is 0.164 e. The predicted molar refractivity (Wildman–Crippen MR) is 51.3 cm³/mol. The highest BCUT2D eigenvalue weighted by Crippen LogP contribution is 2.32. The van der Waals surface area contributed by atoms with Gasteiger partial charge in [-0.2, -0.15) is 0 Å². The summed E-state index contributed by atoms with van der Waals surface area (Å²) >= 11 is 0. The van der Waals surface area contributed by atoms with E-state index in [1.807, 2.05) is 0 Å². The van der Waals surface area contributed by atoms with Crippen LogP contribution in [0.1, 0.15) is 20.3 Å². The summed E-state index contributed by atoms with van der Waals surface area (Å²) in [6.45, 7) is 6.07. The second-order valence-corrected chi connectivity index (χ2v) is 4.26. The van der Waals surface area contributed by atoms with Gasteiger partial charge < -0.3 is 9.47 Å². The van der Waals surface area contributed by atoms with Gasteiger partial charge in [0, 0.05) is 5.92 Å². The third kappa shape index (κ3) is 1.94. The molecule has 0 radical (unpaired) electrons. The SMILES string of the molecule is CC1C[C@H](C)C=CC1C1OCCO1. The molecule has 2 aliphatic rings. The average molecular weight is 182 g/mol. The third-order valence-electron chi connectivity index (χ3n) is 3.02. The van der Waals surface area contributed by atoms with Crippen molar-refractivity contribution < 1.29 is 9.47 Å². The van der Waals surface area contributed by atoms with Crippen molar-refractivity contribution in [2.45, 2.75) is 26.6 Å². The Morgan fingerprint density at radius 2 is 1.77 bits per heavy atom. The van der Waals surface area contributed by atoms with Crippen LogP contribution in [-0.4, -0.2) is 19.5 Å². The summed E-state index contributed by atoms with van der Waals surface area (Å²) in [5, 5.41) is 0. The first-order chi connectivity index (χ1) is 6.27. The Labute approximate surface area is 79.9 Å². The summed E-state index contributed by atoms with van der Waals surface area (Å²) in [5.41, 5.74) is 0. The molecule has 2 nitrogen and oxygen atoms in total. The largest absolute Gasteiger partial charge is 0.350 e. The van der Waals surface area contributed by atoms with Gasteiger partial charge in [0.25, 0.3) is 0 Å². The standard InChI is InChI=1S/C11H18O2/c1-8-3-4-10(9(2)7-8)11-12-5-6-13-11/h3-4,8-11H,5-7H2,1-2H3/t8-,9?,10?/m1/s1. The molecule has 1 aliphatic heterocycles. The van der Waals surface area contributed by atoms with E-state index in [1.54, 1.807) is 0 Å². The molecule has 0 aromatic rings. The highest BCUT2D eigenvalue weighted by molar-refractivity contribution is 5.00. The Morgan fingerprint density at radius 3 is 2.38 bits per heavy atom. The first-order valence-corrected chi connectivity index (χ1v) is 5.19. The Hall–Kier alpha value is -0.340. The van der Waals surface area contributed by atoms with Crippen LogP contribution in [0.3, 0.4) is 0 Å². The van der Waals surface area contributed by atoms with E-state index >= 15 is 0 Å².